The molecule has 0 radical (unpaired) electrons. The van der Waals surface area contributed by atoms with Crippen LogP contribution in [0.25, 0.3) is 11.0 Å². The number of amides is 1. The van der Waals surface area contributed by atoms with Crippen LogP contribution in [0, 0.1) is 20.8 Å². The second-order valence-electron chi connectivity index (χ2n) is 6.22. The first-order chi connectivity index (χ1) is 11.9. The fraction of sp³-hybridized carbons (Fsp3) is 0.316. The number of pyridine rings is 1. The maximum absolute atomic E-state index is 12.1. The van der Waals surface area contributed by atoms with Gasteiger partial charge in [-0.25, -0.2) is 4.98 Å². The Kier molecular flexibility index (Phi) is 4.70. The number of carbonyl (C=O) groups excluding carboxylic acids is 1. The summed E-state index contributed by atoms with van der Waals surface area (Å²) in [6.07, 6.45) is 1.92. The van der Waals surface area contributed by atoms with Crippen molar-refractivity contribution >= 4 is 22.6 Å². The van der Waals surface area contributed by atoms with E-state index in [0.717, 1.165) is 33.6 Å². The third-order valence-corrected chi connectivity index (χ3v) is 4.08. The molecule has 3 rings (SSSR count). The van der Waals surface area contributed by atoms with Crippen LogP contribution in [0.3, 0.4) is 0 Å². The molecular weight excluding hydrogens is 316 g/mol. The van der Waals surface area contributed by atoms with Crippen molar-refractivity contribution in [2.24, 2.45) is 7.05 Å². The van der Waals surface area contributed by atoms with Gasteiger partial charge in [0.25, 0.3) is 0 Å². The molecule has 25 heavy (non-hydrogen) atoms. The van der Waals surface area contributed by atoms with Gasteiger partial charge in [0.05, 0.1) is 30.6 Å². The van der Waals surface area contributed by atoms with Gasteiger partial charge in [-0.1, -0.05) is 12.1 Å². The molecule has 0 aliphatic heterocycles. The van der Waals surface area contributed by atoms with E-state index in [-0.39, 0.29) is 12.3 Å². The monoisotopic (exact) mass is 338 g/mol. The second kappa shape index (κ2) is 6.93. The minimum atomic E-state index is -0.104. The Hall–Kier alpha value is -2.89. The van der Waals surface area contributed by atoms with E-state index in [1.54, 1.807) is 10.9 Å². The van der Waals surface area contributed by atoms with E-state index in [9.17, 15) is 4.79 Å². The summed E-state index contributed by atoms with van der Waals surface area (Å²) >= 11 is 0. The van der Waals surface area contributed by atoms with E-state index in [1.165, 1.54) is 0 Å². The Morgan fingerprint density at radius 3 is 2.84 bits per heavy atom. The van der Waals surface area contributed by atoms with E-state index in [0.29, 0.717) is 12.3 Å². The highest BCUT2D eigenvalue weighted by Gasteiger charge is 2.09. The van der Waals surface area contributed by atoms with Crippen LogP contribution in [-0.4, -0.2) is 27.3 Å². The molecule has 1 amide bonds. The van der Waals surface area contributed by atoms with Crippen molar-refractivity contribution in [2.45, 2.75) is 27.2 Å². The SMILES string of the molecule is Cc1ccc(C)c(OCCC(=O)Nc2cnc3c(c2)c(C)nn3C)c1. The topological polar surface area (TPSA) is 69.0 Å². The molecule has 6 heteroatoms. The van der Waals surface area contributed by atoms with Gasteiger partial charge < -0.3 is 10.1 Å². The summed E-state index contributed by atoms with van der Waals surface area (Å²) in [4.78, 5) is 16.5. The fourth-order valence-corrected chi connectivity index (χ4v) is 2.72. The summed E-state index contributed by atoms with van der Waals surface area (Å²) in [6, 6.07) is 7.94. The number of carbonyl (C=O) groups is 1. The lowest BCUT2D eigenvalue weighted by Crippen LogP contribution is -2.15. The third kappa shape index (κ3) is 3.79. The van der Waals surface area contributed by atoms with Gasteiger partial charge in [0, 0.05) is 12.4 Å². The summed E-state index contributed by atoms with van der Waals surface area (Å²) in [6.45, 7) is 6.26. The summed E-state index contributed by atoms with van der Waals surface area (Å²) < 4.78 is 7.46. The van der Waals surface area contributed by atoms with Gasteiger partial charge in [-0.15, -0.1) is 0 Å². The second-order valence-corrected chi connectivity index (χ2v) is 6.22. The standard InChI is InChI=1S/C19H22N4O2/c1-12-5-6-13(2)17(9-12)25-8-7-18(24)21-15-10-16-14(3)22-23(4)19(16)20-11-15/h5-6,9-11H,7-8H2,1-4H3,(H,21,24). The van der Waals surface area contributed by atoms with Gasteiger partial charge in [0.15, 0.2) is 5.65 Å². The van der Waals surface area contributed by atoms with Crippen LogP contribution in [-0.2, 0) is 11.8 Å². The van der Waals surface area contributed by atoms with Gasteiger partial charge in [0.1, 0.15) is 5.75 Å². The van der Waals surface area contributed by atoms with E-state index >= 15 is 0 Å². The number of anilines is 1. The van der Waals surface area contributed by atoms with Crippen LogP contribution in [0.15, 0.2) is 30.5 Å². The largest absolute Gasteiger partial charge is 0.493 e. The molecule has 1 aromatic carbocycles. The quantitative estimate of drug-likeness (QED) is 0.775. The van der Waals surface area contributed by atoms with Gasteiger partial charge in [-0.2, -0.15) is 5.10 Å². The Bertz CT molecular complexity index is 931. The fourth-order valence-electron chi connectivity index (χ4n) is 2.72. The number of nitrogens with one attached hydrogen (secondary N) is 1. The number of aromatic nitrogens is 3. The molecule has 0 spiro atoms. The van der Waals surface area contributed by atoms with Crippen molar-refractivity contribution in [3.63, 3.8) is 0 Å². The lowest BCUT2D eigenvalue weighted by atomic mass is 10.1. The molecule has 0 unspecified atom stereocenters. The number of benzene rings is 1. The molecule has 130 valence electrons. The number of fused-ring (bicyclic) bond motifs is 1. The maximum atomic E-state index is 12.1. The predicted octanol–water partition coefficient (Wildman–Crippen LogP) is 3.30. The minimum absolute atomic E-state index is 0.104. The van der Waals surface area contributed by atoms with Crippen LogP contribution >= 0.6 is 0 Å². The molecular formula is C19H22N4O2. The van der Waals surface area contributed by atoms with Crippen molar-refractivity contribution in [3.05, 3.63) is 47.3 Å². The van der Waals surface area contributed by atoms with Crippen LogP contribution in [0.1, 0.15) is 23.2 Å². The van der Waals surface area contributed by atoms with Crippen LogP contribution in [0.2, 0.25) is 0 Å². The Morgan fingerprint density at radius 2 is 2.04 bits per heavy atom. The van der Waals surface area contributed by atoms with Crippen LogP contribution in [0.4, 0.5) is 5.69 Å². The summed E-state index contributed by atoms with van der Waals surface area (Å²) in [5, 5.41) is 8.13. The summed E-state index contributed by atoms with van der Waals surface area (Å²) in [7, 11) is 1.85. The highest BCUT2D eigenvalue weighted by molar-refractivity contribution is 5.93. The molecule has 0 fully saturated rings. The number of hydrogen-bond donors (Lipinski definition) is 1. The van der Waals surface area contributed by atoms with E-state index < -0.39 is 0 Å². The summed E-state index contributed by atoms with van der Waals surface area (Å²) in [5.74, 6) is 0.717. The normalized spacial score (nSPS) is 10.9. The van der Waals surface area contributed by atoms with Gasteiger partial charge in [0.2, 0.25) is 5.91 Å². The smallest absolute Gasteiger partial charge is 0.227 e. The number of nitrogens with zero attached hydrogens (tertiary/aromatic N) is 3. The van der Waals surface area contributed by atoms with Gasteiger partial charge in [-0.3, -0.25) is 9.48 Å². The molecule has 0 atom stereocenters. The zero-order chi connectivity index (χ0) is 18.0. The van der Waals surface area contributed by atoms with Crippen molar-refractivity contribution < 1.29 is 9.53 Å². The molecule has 0 aliphatic carbocycles. The first kappa shape index (κ1) is 17.0. The van der Waals surface area contributed by atoms with Crippen molar-refractivity contribution in [3.8, 4) is 5.75 Å². The first-order valence-corrected chi connectivity index (χ1v) is 8.23. The lowest BCUT2D eigenvalue weighted by Gasteiger charge is -2.10. The van der Waals surface area contributed by atoms with Crippen molar-refractivity contribution in [2.75, 3.05) is 11.9 Å². The highest BCUT2D eigenvalue weighted by Crippen LogP contribution is 2.20. The predicted molar refractivity (Wildman–Crippen MR) is 97.9 cm³/mol. The van der Waals surface area contributed by atoms with Crippen molar-refractivity contribution in [1.82, 2.24) is 14.8 Å². The highest BCUT2D eigenvalue weighted by atomic mass is 16.5. The molecule has 3 aromatic rings. The number of ether oxygens (including phenoxy) is 1. The zero-order valence-electron chi connectivity index (χ0n) is 15.0. The Labute approximate surface area is 146 Å². The number of rotatable bonds is 5. The van der Waals surface area contributed by atoms with Gasteiger partial charge >= 0.3 is 0 Å². The maximum Gasteiger partial charge on any atom is 0.227 e. The minimum Gasteiger partial charge on any atom is -0.493 e. The number of hydrogen-bond acceptors (Lipinski definition) is 4. The molecule has 0 saturated carbocycles. The molecule has 2 heterocycles. The molecule has 0 aliphatic rings. The van der Waals surface area contributed by atoms with E-state index in [2.05, 4.69) is 15.4 Å². The average molecular weight is 338 g/mol. The molecule has 1 N–H and O–H groups in total. The average Bonchev–Trinajstić information content (AvgIpc) is 2.85. The molecule has 0 bridgehead atoms. The van der Waals surface area contributed by atoms with E-state index in [4.69, 9.17) is 4.74 Å². The Morgan fingerprint density at radius 1 is 1.24 bits per heavy atom. The third-order valence-electron chi connectivity index (χ3n) is 4.08. The van der Waals surface area contributed by atoms with E-state index in [1.807, 2.05) is 52.1 Å². The zero-order valence-corrected chi connectivity index (χ0v) is 15.0. The first-order valence-electron chi connectivity index (χ1n) is 8.23. The molecule has 0 saturated heterocycles. The summed E-state index contributed by atoms with van der Waals surface area (Å²) in [5.41, 5.74) is 4.55. The van der Waals surface area contributed by atoms with Gasteiger partial charge in [-0.05, 0) is 44.0 Å². The molecule has 6 nitrogen and oxygen atoms in total. The van der Waals surface area contributed by atoms with Crippen LogP contribution < -0.4 is 10.1 Å². The number of aryl methyl sites for hydroxylation is 4. The molecule has 2 aromatic heterocycles. The Balaban J connectivity index is 1.59. The lowest BCUT2D eigenvalue weighted by molar-refractivity contribution is -0.116. The van der Waals surface area contributed by atoms with Crippen LogP contribution in [0.5, 0.6) is 5.75 Å². The van der Waals surface area contributed by atoms with Crippen molar-refractivity contribution in [1.29, 1.82) is 0 Å².